The van der Waals surface area contributed by atoms with Gasteiger partial charge in [0.2, 0.25) is 5.91 Å². The fraction of sp³-hybridized carbons (Fsp3) is 0.333. The molecule has 152 valence electrons. The highest BCUT2D eigenvalue weighted by atomic mass is 16.6. The van der Waals surface area contributed by atoms with Crippen molar-refractivity contribution in [3.63, 3.8) is 0 Å². The Balaban J connectivity index is 1.69. The lowest BCUT2D eigenvalue weighted by Gasteiger charge is -2.22. The number of nitrogens with one attached hydrogen (secondary N) is 2. The molecule has 3 rings (SSSR count). The van der Waals surface area contributed by atoms with Gasteiger partial charge >= 0.3 is 0 Å². The summed E-state index contributed by atoms with van der Waals surface area (Å²) in [5.74, 6) is -0.225. The smallest absolute Gasteiger partial charge is 0.270 e. The Morgan fingerprint density at radius 2 is 1.79 bits per heavy atom. The molecule has 1 saturated carbocycles. The van der Waals surface area contributed by atoms with Gasteiger partial charge in [-0.2, -0.15) is 0 Å². The average molecular weight is 397 g/mol. The van der Waals surface area contributed by atoms with E-state index in [-0.39, 0.29) is 35.5 Å². The third kappa shape index (κ3) is 5.78. The molecule has 0 radical (unpaired) electrons. The zero-order chi connectivity index (χ0) is 20.6. The van der Waals surface area contributed by atoms with Crippen LogP contribution in [0.3, 0.4) is 0 Å². The first-order chi connectivity index (χ1) is 14.0. The molecule has 2 aromatic carbocycles. The number of amides is 2. The molecule has 1 fully saturated rings. The first kappa shape index (κ1) is 20.3. The maximum atomic E-state index is 12.6. The highest BCUT2D eigenvalue weighted by molar-refractivity contribution is 5.99. The molecule has 2 N–H and O–H groups in total. The normalized spacial score (nSPS) is 14.1. The van der Waals surface area contributed by atoms with Gasteiger partial charge in [0, 0.05) is 18.2 Å². The second kappa shape index (κ2) is 9.68. The van der Waals surface area contributed by atoms with E-state index in [1.807, 2.05) is 6.07 Å². The lowest BCUT2D eigenvalue weighted by atomic mass is 9.95. The molecule has 0 heterocycles. The minimum atomic E-state index is -0.613. The number of nitro benzene ring substituents is 1. The predicted molar refractivity (Wildman–Crippen MR) is 107 cm³/mol. The van der Waals surface area contributed by atoms with E-state index in [4.69, 9.17) is 4.74 Å². The lowest BCUT2D eigenvalue weighted by molar-refractivity contribution is -0.384. The summed E-state index contributed by atoms with van der Waals surface area (Å²) in [4.78, 5) is 35.3. The van der Waals surface area contributed by atoms with Gasteiger partial charge < -0.3 is 15.4 Å². The molecule has 2 aromatic rings. The first-order valence-electron chi connectivity index (χ1n) is 9.62. The molecule has 0 saturated heterocycles. The van der Waals surface area contributed by atoms with Crippen molar-refractivity contribution in [2.45, 2.75) is 38.1 Å². The Morgan fingerprint density at radius 3 is 2.48 bits per heavy atom. The standard InChI is InChI=1S/C21H23N3O5/c25-20(23-15-7-3-1-4-8-15)14-22-21(26)18-13-16(24(27)28)11-12-19(18)29-17-9-5-2-6-10-17/h2,5-6,9-13,15H,1,3-4,7-8,14H2,(H,22,26)(H,23,25). The van der Waals surface area contributed by atoms with Gasteiger partial charge in [0.15, 0.2) is 0 Å². The van der Waals surface area contributed by atoms with Gasteiger partial charge in [-0.1, -0.05) is 37.5 Å². The minimum Gasteiger partial charge on any atom is -0.457 e. The van der Waals surface area contributed by atoms with Gasteiger partial charge in [-0.05, 0) is 31.0 Å². The van der Waals surface area contributed by atoms with Crippen LogP contribution in [0.5, 0.6) is 11.5 Å². The number of non-ortho nitro benzene ring substituents is 1. The summed E-state index contributed by atoms with van der Waals surface area (Å²) in [6, 6.07) is 12.7. The highest BCUT2D eigenvalue weighted by Crippen LogP contribution is 2.28. The SMILES string of the molecule is O=C(CNC(=O)c1cc([N+](=O)[O-])ccc1Oc1ccccc1)NC1CCCCC1. The molecule has 1 aliphatic rings. The van der Waals surface area contributed by atoms with Crippen LogP contribution in [0.1, 0.15) is 42.5 Å². The number of nitro groups is 1. The summed E-state index contributed by atoms with van der Waals surface area (Å²) in [6.45, 7) is -0.206. The van der Waals surface area contributed by atoms with E-state index in [2.05, 4.69) is 10.6 Å². The summed E-state index contributed by atoms with van der Waals surface area (Å²) in [5, 5.41) is 16.5. The van der Waals surface area contributed by atoms with Crippen molar-refractivity contribution in [1.82, 2.24) is 10.6 Å². The fourth-order valence-corrected chi connectivity index (χ4v) is 3.29. The molecule has 0 aromatic heterocycles. The van der Waals surface area contributed by atoms with E-state index in [9.17, 15) is 19.7 Å². The number of rotatable bonds is 7. The maximum absolute atomic E-state index is 12.6. The van der Waals surface area contributed by atoms with Crippen LogP contribution in [-0.2, 0) is 4.79 Å². The van der Waals surface area contributed by atoms with E-state index in [0.717, 1.165) is 31.7 Å². The molecule has 29 heavy (non-hydrogen) atoms. The zero-order valence-corrected chi connectivity index (χ0v) is 15.9. The Hall–Kier alpha value is -3.42. The molecule has 0 unspecified atom stereocenters. The first-order valence-corrected chi connectivity index (χ1v) is 9.62. The van der Waals surface area contributed by atoms with Gasteiger partial charge in [-0.15, -0.1) is 0 Å². The van der Waals surface area contributed by atoms with Crippen LogP contribution in [0.2, 0.25) is 0 Å². The van der Waals surface area contributed by atoms with E-state index in [1.165, 1.54) is 18.6 Å². The van der Waals surface area contributed by atoms with Crippen molar-refractivity contribution in [2.75, 3.05) is 6.54 Å². The van der Waals surface area contributed by atoms with Crippen molar-refractivity contribution < 1.29 is 19.2 Å². The van der Waals surface area contributed by atoms with Crippen molar-refractivity contribution in [2.24, 2.45) is 0 Å². The third-order valence-corrected chi connectivity index (χ3v) is 4.77. The van der Waals surface area contributed by atoms with Crippen molar-refractivity contribution in [3.8, 4) is 11.5 Å². The summed E-state index contributed by atoms with van der Waals surface area (Å²) < 4.78 is 5.71. The fourth-order valence-electron chi connectivity index (χ4n) is 3.29. The number of carbonyl (C=O) groups is 2. The van der Waals surface area contributed by atoms with Crippen LogP contribution in [0.15, 0.2) is 48.5 Å². The van der Waals surface area contributed by atoms with Gasteiger partial charge in [0.1, 0.15) is 11.5 Å². The monoisotopic (exact) mass is 397 g/mol. The van der Waals surface area contributed by atoms with Crippen LogP contribution < -0.4 is 15.4 Å². The predicted octanol–water partition coefficient (Wildman–Crippen LogP) is 3.57. The van der Waals surface area contributed by atoms with E-state index in [1.54, 1.807) is 24.3 Å². The van der Waals surface area contributed by atoms with Crippen LogP contribution in [0.25, 0.3) is 0 Å². The molecular formula is C21H23N3O5. The van der Waals surface area contributed by atoms with Gasteiger partial charge in [0.05, 0.1) is 17.0 Å². The Kier molecular flexibility index (Phi) is 6.78. The van der Waals surface area contributed by atoms with Crippen LogP contribution in [-0.4, -0.2) is 29.3 Å². The molecule has 0 spiro atoms. The Morgan fingerprint density at radius 1 is 1.07 bits per heavy atom. The second-order valence-corrected chi connectivity index (χ2v) is 6.94. The molecule has 0 atom stereocenters. The second-order valence-electron chi connectivity index (χ2n) is 6.94. The average Bonchev–Trinajstić information content (AvgIpc) is 2.73. The van der Waals surface area contributed by atoms with Gasteiger partial charge in [-0.3, -0.25) is 19.7 Å². The Bertz CT molecular complexity index is 879. The number of nitrogens with zero attached hydrogens (tertiary/aromatic N) is 1. The number of carbonyl (C=O) groups excluding carboxylic acids is 2. The molecule has 0 aliphatic heterocycles. The number of hydrogen-bond acceptors (Lipinski definition) is 5. The number of benzene rings is 2. The molecule has 0 bridgehead atoms. The summed E-state index contributed by atoms with van der Waals surface area (Å²) in [5.41, 5.74) is -0.240. The van der Waals surface area contributed by atoms with E-state index >= 15 is 0 Å². The van der Waals surface area contributed by atoms with E-state index in [0.29, 0.717) is 5.75 Å². The Labute approximate surface area is 168 Å². The number of para-hydroxylation sites is 1. The van der Waals surface area contributed by atoms with Crippen LogP contribution in [0.4, 0.5) is 5.69 Å². The van der Waals surface area contributed by atoms with Crippen LogP contribution >= 0.6 is 0 Å². The van der Waals surface area contributed by atoms with Crippen molar-refractivity contribution in [1.29, 1.82) is 0 Å². The highest BCUT2D eigenvalue weighted by Gasteiger charge is 2.20. The largest absolute Gasteiger partial charge is 0.457 e. The summed E-state index contributed by atoms with van der Waals surface area (Å²) in [6.07, 6.45) is 5.25. The van der Waals surface area contributed by atoms with E-state index < -0.39 is 10.8 Å². The lowest BCUT2D eigenvalue weighted by Crippen LogP contribution is -2.42. The molecular weight excluding hydrogens is 374 g/mol. The minimum absolute atomic E-state index is 0.00600. The zero-order valence-electron chi connectivity index (χ0n) is 15.9. The molecule has 2 amide bonds. The summed E-state index contributed by atoms with van der Waals surface area (Å²) in [7, 11) is 0. The van der Waals surface area contributed by atoms with Crippen molar-refractivity contribution in [3.05, 3.63) is 64.2 Å². The van der Waals surface area contributed by atoms with Gasteiger partial charge in [0.25, 0.3) is 11.6 Å². The molecule has 1 aliphatic carbocycles. The van der Waals surface area contributed by atoms with Gasteiger partial charge in [-0.25, -0.2) is 0 Å². The maximum Gasteiger partial charge on any atom is 0.270 e. The quantitative estimate of drug-likeness (QED) is 0.548. The molecule has 8 nitrogen and oxygen atoms in total. The number of hydrogen-bond donors (Lipinski definition) is 2. The van der Waals surface area contributed by atoms with Crippen molar-refractivity contribution >= 4 is 17.5 Å². The summed E-state index contributed by atoms with van der Waals surface area (Å²) >= 11 is 0. The molecule has 8 heteroatoms. The number of ether oxygens (including phenoxy) is 1. The van der Waals surface area contributed by atoms with Crippen LogP contribution in [0, 0.1) is 10.1 Å². The third-order valence-electron chi connectivity index (χ3n) is 4.77. The topological polar surface area (TPSA) is 111 Å².